The van der Waals surface area contributed by atoms with E-state index in [9.17, 15) is 9.90 Å². The molecule has 146 valence electrons. The Hall–Kier alpha value is -3.46. The van der Waals surface area contributed by atoms with Crippen LogP contribution in [-0.2, 0) is 0 Å². The lowest BCUT2D eigenvalue weighted by Crippen LogP contribution is -2.19. The molecule has 2 N–H and O–H groups in total. The topological polar surface area (TPSA) is 105 Å². The average molecular weight is 407 g/mol. The molecule has 1 fully saturated rings. The van der Waals surface area contributed by atoms with Gasteiger partial charge >= 0.3 is 4.87 Å². The van der Waals surface area contributed by atoms with Gasteiger partial charge < -0.3 is 9.84 Å². The van der Waals surface area contributed by atoms with E-state index in [4.69, 9.17) is 14.7 Å². The van der Waals surface area contributed by atoms with E-state index < -0.39 is 0 Å². The third kappa shape index (κ3) is 3.40. The third-order valence-corrected chi connectivity index (χ3v) is 5.47. The number of hydrogen-bond acceptors (Lipinski definition) is 7. The van der Waals surface area contributed by atoms with E-state index in [0.717, 1.165) is 46.7 Å². The van der Waals surface area contributed by atoms with Gasteiger partial charge in [0, 0.05) is 16.8 Å². The molecule has 0 spiro atoms. The van der Waals surface area contributed by atoms with Crippen molar-refractivity contribution in [3.8, 4) is 22.9 Å². The van der Waals surface area contributed by atoms with Crippen LogP contribution >= 0.6 is 11.3 Å². The van der Waals surface area contributed by atoms with Gasteiger partial charge in [0.2, 0.25) is 5.88 Å². The first-order valence-electron chi connectivity index (χ1n) is 9.11. The van der Waals surface area contributed by atoms with Crippen LogP contribution in [-0.4, -0.2) is 37.8 Å². The first-order valence-corrected chi connectivity index (χ1v) is 9.93. The summed E-state index contributed by atoms with van der Waals surface area (Å²) in [5.41, 5.74) is 2.98. The van der Waals surface area contributed by atoms with E-state index in [1.807, 2.05) is 30.3 Å². The van der Waals surface area contributed by atoms with Crippen molar-refractivity contribution in [3.05, 3.63) is 61.8 Å². The number of H-pyrrole nitrogens is 1. The van der Waals surface area contributed by atoms with Gasteiger partial charge in [-0.1, -0.05) is 23.5 Å². The van der Waals surface area contributed by atoms with Crippen molar-refractivity contribution in [1.29, 1.82) is 0 Å². The summed E-state index contributed by atoms with van der Waals surface area (Å²) >= 11 is 0.930. The zero-order valence-corrected chi connectivity index (χ0v) is 16.3. The van der Waals surface area contributed by atoms with Gasteiger partial charge in [0.15, 0.2) is 11.1 Å². The van der Waals surface area contributed by atoms with Crippen LogP contribution in [0.1, 0.15) is 17.7 Å². The Morgan fingerprint density at radius 1 is 1.38 bits per heavy atom. The highest BCUT2D eigenvalue weighted by Gasteiger charge is 2.20. The van der Waals surface area contributed by atoms with Crippen LogP contribution in [0.5, 0.6) is 11.6 Å². The number of thiazole rings is 1. The van der Waals surface area contributed by atoms with E-state index in [1.165, 1.54) is 0 Å². The van der Waals surface area contributed by atoms with Gasteiger partial charge in [0.05, 0.1) is 29.9 Å². The molecule has 8 nitrogen and oxygen atoms in total. The number of fused-ring (bicyclic) bond motifs is 1. The first-order chi connectivity index (χ1) is 14.1. The van der Waals surface area contributed by atoms with E-state index in [1.54, 1.807) is 23.9 Å². The number of nitrogens with zero attached hydrogens (tertiary/aromatic N) is 4. The molecule has 3 heterocycles. The van der Waals surface area contributed by atoms with Crippen LogP contribution < -0.4 is 20.3 Å². The standard InChI is InChI=1S/C20H17N5O3S/c1-28-14-4-2-3-11(7-14)15-9-17(22-13-5-6-13)25-18(23-15)12(10-21-25)8-16-19(26)24-20(27)29-16/h2-4,7-10,13,26H,5-6H2,1H3,(H,24,27)/b12-8+,22-17?. The Morgan fingerprint density at radius 3 is 2.97 bits per heavy atom. The summed E-state index contributed by atoms with van der Waals surface area (Å²) in [4.78, 5) is 23.6. The summed E-state index contributed by atoms with van der Waals surface area (Å²) in [5.74, 6) is 0.582. The van der Waals surface area contributed by atoms with Crippen molar-refractivity contribution < 1.29 is 9.84 Å². The molecule has 1 aliphatic rings. The summed E-state index contributed by atoms with van der Waals surface area (Å²) in [5, 5.41) is 15.0. The van der Waals surface area contributed by atoms with Crippen LogP contribution in [0.25, 0.3) is 23.0 Å². The number of rotatable bonds is 4. The second-order valence-corrected chi connectivity index (χ2v) is 7.81. The molecule has 9 heteroatoms. The van der Waals surface area contributed by atoms with Gasteiger partial charge in [-0.05, 0) is 31.1 Å². The molecule has 0 unspecified atom stereocenters. The van der Waals surface area contributed by atoms with Crippen molar-refractivity contribution in [3.63, 3.8) is 0 Å². The fourth-order valence-electron chi connectivity index (χ4n) is 3.05. The van der Waals surface area contributed by atoms with Gasteiger partial charge in [-0.3, -0.25) is 14.8 Å². The fourth-order valence-corrected chi connectivity index (χ4v) is 3.73. The number of nitrogens with one attached hydrogen (secondary N) is 1. The molecule has 1 aliphatic carbocycles. The lowest BCUT2D eigenvalue weighted by atomic mass is 10.1. The van der Waals surface area contributed by atoms with Crippen LogP contribution in [0.2, 0.25) is 0 Å². The predicted octanol–water partition coefficient (Wildman–Crippen LogP) is 1.47. The Labute approximate surface area is 168 Å². The summed E-state index contributed by atoms with van der Waals surface area (Å²) in [7, 11) is 1.63. The average Bonchev–Trinajstić information content (AvgIpc) is 3.36. The maximum atomic E-state index is 11.5. The quantitative estimate of drug-likeness (QED) is 0.533. The molecule has 5 rings (SSSR count). The monoisotopic (exact) mass is 407 g/mol. The van der Waals surface area contributed by atoms with Crippen LogP contribution in [0.4, 0.5) is 0 Å². The summed E-state index contributed by atoms with van der Waals surface area (Å²) < 4.78 is 7.03. The largest absolute Gasteiger partial charge is 0.497 e. The molecule has 1 saturated carbocycles. The predicted molar refractivity (Wildman–Crippen MR) is 109 cm³/mol. The third-order valence-electron chi connectivity index (χ3n) is 4.65. The minimum absolute atomic E-state index is 0.161. The lowest BCUT2D eigenvalue weighted by Gasteiger charge is -2.05. The smallest absolute Gasteiger partial charge is 0.307 e. The van der Waals surface area contributed by atoms with Gasteiger partial charge in [0.25, 0.3) is 0 Å². The minimum atomic E-state index is -0.320. The Balaban J connectivity index is 1.77. The molecule has 0 atom stereocenters. The van der Waals surface area contributed by atoms with Crippen LogP contribution in [0, 0.1) is 0 Å². The van der Waals surface area contributed by atoms with Gasteiger partial charge in [0.1, 0.15) is 5.75 Å². The Bertz CT molecular complexity index is 1400. The van der Waals surface area contributed by atoms with Gasteiger partial charge in [-0.2, -0.15) is 9.61 Å². The molecule has 0 aliphatic heterocycles. The molecule has 0 radical (unpaired) electrons. The molecule has 1 aromatic carbocycles. The molecule has 3 aromatic heterocycles. The second kappa shape index (κ2) is 6.85. The van der Waals surface area contributed by atoms with Crippen molar-refractivity contribution in [2.24, 2.45) is 4.99 Å². The van der Waals surface area contributed by atoms with Crippen molar-refractivity contribution in [2.45, 2.75) is 18.9 Å². The van der Waals surface area contributed by atoms with Crippen LogP contribution in [0.3, 0.4) is 0 Å². The van der Waals surface area contributed by atoms with E-state index in [0.29, 0.717) is 21.8 Å². The van der Waals surface area contributed by atoms with E-state index >= 15 is 0 Å². The molecular weight excluding hydrogens is 390 g/mol. The molecule has 0 bridgehead atoms. The maximum Gasteiger partial charge on any atom is 0.307 e. The summed E-state index contributed by atoms with van der Waals surface area (Å²) in [6, 6.07) is 9.91. The SMILES string of the molecule is COc1cccc(-c2cc(=NC3CC3)n3nc/c(=C\c4sc(=O)[nH]c4O)c3n2)c1. The normalized spacial score (nSPS) is 15.3. The highest BCUT2D eigenvalue weighted by molar-refractivity contribution is 7.10. The number of ether oxygens (including phenoxy) is 1. The minimum Gasteiger partial charge on any atom is -0.497 e. The highest BCUT2D eigenvalue weighted by Crippen LogP contribution is 2.24. The number of aromatic amines is 1. The molecule has 29 heavy (non-hydrogen) atoms. The van der Waals surface area contributed by atoms with E-state index in [-0.39, 0.29) is 10.8 Å². The second-order valence-electron chi connectivity index (χ2n) is 6.80. The molecule has 0 amide bonds. The Kier molecular flexibility index (Phi) is 4.17. The van der Waals surface area contributed by atoms with Gasteiger partial charge in [-0.25, -0.2) is 4.98 Å². The van der Waals surface area contributed by atoms with Crippen molar-refractivity contribution in [2.75, 3.05) is 7.11 Å². The molecule has 0 saturated heterocycles. The Morgan fingerprint density at radius 2 is 2.24 bits per heavy atom. The number of hydrogen-bond donors (Lipinski definition) is 2. The van der Waals surface area contributed by atoms with Crippen molar-refractivity contribution >= 4 is 23.1 Å². The lowest BCUT2D eigenvalue weighted by molar-refractivity contribution is 0.415. The number of aromatic hydroxyl groups is 1. The first kappa shape index (κ1) is 17.6. The number of aromatic nitrogens is 4. The van der Waals surface area contributed by atoms with E-state index in [2.05, 4.69) is 10.1 Å². The zero-order valence-electron chi connectivity index (χ0n) is 15.5. The zero-order chi connectivity index (χ0) is 20.0. The maximum absolute atomic E-state index is 11.5. The van der Waals surface area contributed by atoms with Crippen LogP contribution in [0.15, 0.2) is 46.3 Å². The number of methoxy groups -OCH3 is 1. The summed E-state index contributed by atoms with van der Waals surface area (Å²) in [6.45, 7) is 0. The molecule has 4 aromatic rings. The molecular formula is C20H17N5O3S. The summed E-state index contributed by atoms with van der Waals surface area (Å²) in [6.07, 6.45) is 5.50. The highest BCUT2D eigenvalue weighted by atomic mass is 32.1. The number of benzene rings is 1. The fraction of sp³-hybridized carbons (Fsp3) is 0.200. The van der Waals surface area contributed by atoms with Gasteiger partial charge in [-0.15, -0.1) is 0 Å². The van der Waals surface area contributed by atoms with Crippen molar-refractivity contribution in [1.82, 2.24) is 19.6 Å².